The first-order chi connectivity index (χ1) is 8.27. The Labute approximate surface area is 102 Å². The van der Waals surface area contributed by atoms with E-state index in [1.807, 2.05) is 0 Å². The van der Waals surface area contributed by atoms with Gasteiger partial charge in [0.1, 0.15) is 0 Å². The highest BCUT2D eigenvalue weighted by atomic mass is 19.4. The summed E-state index contributed by atoms with van der Waals surface area (Å²) in [6.07, 6.45) is -6.57. The molecule has 3 nitrogen and oxygen atoms in total. The number of carboxylic acid groups (broad SMARTS) is 1. The summed E-state index contributed by atoms with van der Waals surface area (Å²) in [5.41, 5.74) is 0.210. The molecule has 0 amide bonds. The number of benzene rings is 1. The lowest BCUT2D eigenvalue weighted by Gasteiger charge is -2.20. The number of ether oxygens (including phenoxy) is 1. The van der Waals surface area contributed by atoms with E-state index in [4.69, 9.17) is 5.11 Å². The minimum Gasteiger partial charge on any atom is -0.481 e. The molecule has 1 N–H and O–H groups in total. The molecular formula is C12H13F3O3. The number of aliphatic carboxylic acids is 1. The molecule has 0 saturated carbocycles. The molecule has 0 saturated heterocycles. The topological polar surface area (TPSA) is 46.5 Å². The molecule has 2 atom stereocenters. The van der Waals surface area contributed by atoms with E-state index in [2.05, 4.69) is 4.74 Å². The predicted molar refractivity (Wildman–Crippen MR) is 58.3 cm³/mol. The van der Waals surface area contributed by atoms with Crippen molar-refractivity contribution in [3.63, 3.8) is 0 Å². The lowest BCUT2D eigenvalue weighted by molar-refractivity contribution is -0.215. The maximum Gasteiger partial charge on any atom is 0.418 e. The molecule has 0 heterocycles. The molecule has 0 radical (unpaired) electrons. The fourth-order valence-electron chi connectivity index (χ4n) is 1.59. The molecule has 0 aliphatic heterocycles. The van der Waals surface area contributed by atoms with Crippen molar-refractivity contribution in [2.75, 3.05) is 7.11 Å². The summed E-state index contributed by atoms with van der Waals surface area (Å²) in [5.74, 6) is -1.95. The Bertz CT molecular complexity index is 429. The van der Waals surface area contributed by atoms with Crippen molar-refractivity contribution in [3.8, 4) is 0 Å². The molecule has 6 heteroatoms. The zero-order valence-corrected chi connectivity index (χ0v) is 9.86. The quantitative estimate of drug-likeness (QED) is 0.906. The summed E-state index contributed by atoms with van der Waals surface area (Å²) in [6, 6.07) is 5.34. The maximum atomic E-state index is 12.7. The van der Waals surface area contributed by atoms with E-state index >= 15 is 0 Å². The van der Waals surface area contributed by atoms with Crippen molar-refractivity contribution in [3.05, 3.63) is 35.4 Å². The zero-order chi connectivity index (χ0) is 13.9. The van der Waals surface area contributed by atoms with Crippen molar-refractivity contribution >= 4 is 5.97 Å². The van der Waals surface area contributed by atoms with E-state index in [9.17, 15) is 18.0 Å². The van der Waals surface area contributed by atoms with Gasteiger partial charge in [0.25, 0.3) is 0 Å². The summed E-state index contributed by atoms with van der Waals surface area (Å²) in [7, 11) is 0.964. The smallest absolute Gasteiger partial charge is 0.418 e. The number of alkyl halides is 3. The van der Waals surface area contributed by atoms with E-state index in [0.717, 1.165) is 7.11 Å². The van der Waals surface area contributed by atoms with Crippen molar-refractivity contribution in [2.45, 2.75) is 25.1 Å². The van der Waals surface area contributed by atoms with Gasteiger partial charge in [-0.2, -0.15) is 13.2 Å². The minimum absolute atomic E-state index is 0.101. The van der Waals surface area contributed by atoms with Gasteiger partial charge in [0.2, 0.25) is 0 Å². The fourth-order valence-corrected chi connectivity index (χ4v) is 1.59. The first kappa shape index (κ1) is 14.5. The normalized spacial score (nSPS) is 15.2. The Morgan fingerprint density at radius 3 is 2.33 bits per heavy atom. The van der Waals surface area contributed by atoms with Crippen LogP contribution >= 0.6 is 0 Å². The maximum absolute atomic E-state index is 12.7. The molecule has 0 fully saturated rings. The minimum atomic E-state index is -4.53. The molecule has 2 unspecified atom stereocenters. The SMILES string of the molecule is COC(c1cccc(C(C)C(=O)O)c1)C(F)(F)F. The van der Waals surface area contributed by atoms with Crippen LogP contribution in [0.5, 0.6) is 0 Å². The van der Waals surface area contributed by atoms with Crippen molar-refractivity contribution < 1.29 is 27.8 Å². The lowest BCUT2D eigenvalue weighted by atomic mass is 9.97. The largest absolute Gasteiger partial charge is 0.481 e. The van der Waals surface area contributed by atoms with Crippen LogP contribution in [-0.2, 0) is 9.53 Å². The van der Waals surface area contributed by atoms with E-state index in [0.29, 0.717) is 5.56 Å². The van der Waals surface area contributed by atoms with Gasteiger partial charge in [-0.15, -0.1) is 0 Å². The molecule has 0 aliphatic rings. The highest BCUT2D eigenvalue weighted by Crippen LogP contribution is 2.36. The molecule has 1 aromatic rings. The lowest BCUT2D eigenvalue weighted by Crippen LogP contribution is -2.22. The molecule has 100 valence electrons. The van der Waals surface area contributed by atoms with Gasteiger partial charge >= 0.3 is 12.1 Å². The number of carbonyl (C=O) groups is 1. The van der Waals surface area contributed by atoms with Crippen molar-refractivity contribution in [1.29, 1.82) is 0 Å². The Morgan fingerprint density at radius 1 is 1.33 bits per heavy atom. The molecule has 1 rings (SSSR count). The fraction of sp³-hybridized carbons (Fsp3) is 0.417. The summed E-state index contributed by atoms with van der Waals surface area (Å²) in [4.78, 5) is 10.8. The van der Waals surface area contributed by atoms with Gasteiger partial charge in [-0.1, -0.05) is 24.3 Å². The second kappa shape index (κ2) is 5.39. The van der Waals surface area contributed by atoms with Crippen LogP contribution in [0.15, 0.2) is 24.3 Å². The molecular weight excluding hydrogens is 249 g/mol. The first-order valence-corrected chi connectivity index (χ1v) is 5.19. The molecule has 0 spiro atoms. The van der Waals surface area contributed by atoms with E-state index in [1.165, 1.54) is 31.2 Å². The third-order valence-electron chi connectivity index (χ3n) is 2.62. The van der Waals surface area contributed by atoms with Gasteiger partial charge in [0.05, 0.1) is 5.92 Å². The highest BCUT2D eigenvalue weighted by molar-refractivity contribution is 5.75. The van der Waals surface area contributed by atoms with Crippen LogP contribution < -0.4 is 0 Å². The summed E-state index contributed by atoms with van der Waals surface area (Å²) < 4.78 is 42.4. The average molecular weight is 262 g/mol. The molecule has 1 aromatic carbocycles. The van der Waals surface area contributed by atoms with Crippen LogP contribution in [-0.4, -0.2) is 24.4 Å². The number of hydrogen-bond acceptors (Lipinski definition) is 2. The van der Waals surface area contributed by atoms with E-state index in [-0.39, 0.29) is 5.56 Å². The Balaban J connectivity index is 3.11. The zero-order valence-electron chi connectivity index (χ0n) is 9.86. The monoisotopic (exact) mass is 262 g/mol. The summed E-state index contributed by atoms with van der Waals surface area (Å²) >= 11 is 0. The van der Waals surface area contributed by atoms with Crippen molar-refractivity contribution in [2.24, 2.45) is 0 Å². The van der Waals surface area contributed by atoms with Gasteiger partial charge in [-0.05, 0) is 18.1 Å². The van der Waals surface area contributed by atoms with Gasteiger partial charge in [0.15, 0.2) is 6.10 Å². The first-order valence-electron chi connectivity index (χ1n) is 5.19. The molecule has 18 heavy (non-hydrogen) atoms. The third-order valence-corrected chi connectivity index (χ3v) is 2.62. The number of hydrogen-bond donors (Lipinski definition) is 1. The highest BCUT2D eigenvalue weighted by Gasteiger charge is 2.41. The standard InChI is InChI=1S/C12H13F3O3/c1-7(11(16)17)8-4-3-5-9(6-8)10(18-2)12(13,14)15/h3-7,10H,1-2H3,(H,16,17). The summed E-state index contributed by atoms with van der Waals surface area (Å²) in [5, 5.41) is 8.83. The van der Waals surface area contributed by atoms with Crippen LogP contribution in [0, 0.1) is 0 Å². The van der Waals surface area contributed by atoms with Crippen LogP contribution in [0.25, 0.3) is 0 Å². The van der Waals surface area contributed by atoms with Crippen LogP contribution in [0.2, 0.25) is 0 Å². The third kappa shape index (κ3) is 3.22. The number of rotatable bonds is 4. The van der Waals surface area contributed by atoms with Crippen molar-refractivity contribution in [1.82, 2.24) is 0 Å². The van der Waals surface area contributed by atoms with E-state index in [1.54, 1.807) is 0 Å². The summed E-state index contributed by atoms with van der Waals surface area (Å²) in [6.45, 7) is 1.41. The van der Waals surface area contributed by atoms with Crippen LogP contribution in [0.3, 0.4) is 0 Å². The van der Waals surface area contributed by atoms with Gasteiger partial charge in [-0.25, -0.2) is 0 Å². The second-order valence-electron chi connectivity index (χ2n) is 3.89. The number of methoxy groups -OCH3 is 1. The molecule has 0 bridgehead atoms. The Kier molecular flexibility index (Phi) is 4.34. The van der Waals surface area contributed by atoms with E-state index < -0.39 is 24.2 Å². The van der Waals surface area contributed by atoms with Crippen LogP contribution in [0.1, 0.15) is 30.1 Å². The second-order valence-corrected chi connectivity index (χ2v) is 3.89. The van der Waals surface area contributed by atoms with Crippen LogP contribution in [0.4, 0.5) is 13.2 Å². The number of halogens is 3. The Morgan fingerprint density at radius 2 is 1.89 bits per heavy atom. The molecule has 0 aliphatic carbocycles. The molecule has 0 aromatic heterocycles. The van der Waals surface area contributed by atoms with Gasteiger partial charge < -0.3 is 9.84 Å². The van der Waals surface area contributed by atoms with Gasteiger partial charge in [0, 0.05) is 7.11 Å². The Hall–Kier alpha value is -1.56. The predicted octanol–water partition coefficient (Wildman–Crippen LogP) is 3.12. The van der Waals surface area contributed by atoms with Gasteiger partial charge in [-0.3, -0.25) is 4.79 Å². The number of carboxylic acids is 1. The average Bonchev–Trinajstić information content (AvgIpc) is 2.27.